The third kappa shape index (κ3) is 3.46. The van der Waals surface area contributed by atoms with E-state index in [0.717, 1.165) is 16.6 Å². The van der Waals surface area contributed by atoms with Gasteiger partial charge < -0.3 is 4.57 Å². The number of fused-ring (bicyclic) bond motifs is 6. The molecule has 0 atom stereocenters. The van der Waals surface area contributed by atoms with Crippen LogP contribution in [0.5, 0.6) is 0 Å². The SMILES string of the molecule is c1ccc(-n2c3ccncc3c3cc(-c4cccc(C5(c6ccccc6)c6ccccc6-c6ccccc65)c4)ccc32)cc1. The predicted molar refractivity (Wildman–Crippen MR) is 181 cm³/mol. The van der Waals surface area contributed by atoms with E-state index in [9.17, 15) is 0 Å². The van der Waals surface area contributed by atoms with Crippen LogP contribution < -0.4 is 0 Å². The van der Waals surface area contributed by atoms with E-state index in [0.29, 0.717) is 0 Å². The van der Waals surface area contributed by atoms with Crippen molar-refractivity contribution in [3.63, 3.8) is 0 Å². The summed E-state index contributed by atoms with van der Waals surface area (Å²) in [4.78, 5) is 4.51. The maximum atomic E-state index is 4.51. The first-order valence-electron chi connectivity index (χ1n) is 15.1. The van der Waals surface area contributed by atoms with Crippen LogP contribution in [0.4, 0.5) is 0 Å². The fraction of sp³-hybridized carbons (Fsp3) is 0.0238. The van der Waals surface area contributed by atoms with E-state index in [1.807, 2.05) is 12.4 Å². The van der Waals surface area contributed by atoms with Crippen molar-refractivity contribution in [1.29, 1.82) is 0 Å². The highest BCUT2D eigenvalue weighted by Gasteiger charge is 2.45. The molecule has 0 spiro atoms. The number of aromatic nitrogens is 2. The molecular weight excluding hydrogens is 532 g/mol. The number of pyridine rings is 1. The summed E-state index contributed by atoms with van der Waals surface area (Å²) in [6, 6.07) is 57.5. The van der Waals surface area contributed by atoms with Gasteiger partial charge in [0.25, 0.3) is 0 Å². The van der Waals surface area contributed by atoms with Crippen molar-refractivity contribution in [2.24, 2.45) is 0 Å². The summed E-state index contributed by atoms with van der Waals surface area (Å²) in [5.74, 6) is 0. The molecule has 8 aromatic rings. The normalized spacial score (nSPS) is 13.2. The molecular formula is C42H28N2. The zero-order chi connectivity index (χ0) is 29.1. The summed E-state index contributed by atoms with van der Waals surface area (Å²) in [5.41, 5.74) is 13.3. The Hall–Kier alpha value is -5.73. The lowest BCUT2D eigenvalue weighted by atomic mass is 9.67. The molecule has 44 heavy (non-hydrogen) atoms. The Morgan fingerprint density at radius 2 is 1.07 bits per heavy atom. The fourth-order valence-corrected chi connectivity index (χ4v) is 7.54. The second-order valence-electron chi connectivity index (χ2n) is 11.6. The standard InChI is InChI=1S/C42H28N2/c1-3-13-31(14-4-1)42(38-20-9-7-18-34(38)35-19-8-10-21-39(35)42)32-15-11-12-29(26-32)30-22-23-40-36(27-30)37-28-43-25-24-41(37)44(40)33-16-5-2-6-17-33/h1-28H. The third-order valence-electron chi connectivity index (χ3n) is 9.37. The highest BCUT2D eigenvalue weighted by molar-refractivity contribution is 6.10. The molecule has 1 aliphatic rings. The molecule has 2 aromatic heterocycles. The van der Waals surface area contributed by atoms with Gasteiger partial charge in [0.05, 0.1) is 16.4 Å². The van der Waals surface area contributed by atoms with Crippen LogP contribution in [0, 0.1) is 0 Å². The van der Waals surface area contributed by atoms with Crippen molar-refractivity contribution in [3.8, 4) is 27.9 Å². The Morgan fingerprint density at radius 3 is 1.82 bits per heavy atom. The smallest absolute Gasteiger partial charge is 0.0713 e. The van der Waals surface area contributed by atoms with Gasteiger partial charge in [0, 0.05) is 28.9 Å². The monoisotopic (exact) mass is 560 g/mol. The van der Waals surface area contributed by atoms with E-state index < -0.39 is 5.41 Å². The molecule has 6 aromatic carbocycles. The molecule has 0 N–H and O–H groups in total. The van der Waals surface area contributed by atoms with E-state index in [2.05, 4.69) is 167 Å². The Labute approximate surface area is 256 Å². The zero-order valence-corrected chi connectivity index (χ0v) is 24.1. The Balaban J connectivity index is 1.29. The van der Waals surface area contributed by atoms with Gasteiger partial charge in [-0.2, -0.15) is 0 Å². The Kier molecular flexibility index (Phi) is 5.45. The van der Waals surface area contributed by atoms with Crippen LogP contribution in [-0.2, 0) is 5.41 Å². The van der Waals surface area contributed by atoms with Crippen LogP contribution in [0.25, 0.3) is 49.7 Å². The average Bonchev–Trinajstić information content (AvgIpc) is 3.60. The average molecular weight is 561 g/mol. The minimum atomic E-state index is -0.415. The summed E-state index contributed by atoms with van der Waals surface area (Å²) in [6.07, 6.45) is 3.87. The van der Waals surface area contributed by atoms with E-state index in [1.165, 1.54) is 55.4 Å². The molecule has 0 unspecified atom stereocenters. The second-order valence-corrected chi connectivity index (χ2v) is 11.6. The van der Waals surface area contributed by atoms with Crippen molar-refractivity contribution < 1.29 is 0 Å². The lowest BCUT2D eigenvalue weighted by Gasteiger charge is -2.34. The summed E-state index contributed by atoms with van der Waals surface area (Å²) in [5, 5.41) is 2.36. The number of para-hydroxylation sites is 1. The minimum absolute atomic E-state index is 0.415. The van der Waals surface area contributed by atoms with Crippen molar-refractivity contribution in [1.82, 2.24) is 9.55 Å². The number of nitrogens with zero attached hydrogens (tertiary/aromatic N) is 2. The van der Waals surface area contributed by atoms with Crippen LogP contribution in [-0.4, -0.2) is 9.55 Å². The topological polar surface area (TPSA) is 17.8 Å². The van der Waals surface area contributed by atoms with Gasteiger partial charge in [-0.05, 0) is 80.9 Å². The second kappa shape index (κ2) is 9.65. The number of rotatable bonds is 4. The molecule has 0 amide bonds. The predicted octanol–water partition coefficient (Wildman–Crippen LogP) is 10.2. The van der Waals surface area contributed by atoms with Crippen molar-refractivity contribution in [2.75, 3.05) is 0 Å². The fourth-order valence-electron chi connectivity index (χ4n) is 7.54. The van der Waals surface area contributed by atoms with E-state index in [1.54, 1.807) is 0 Å². The quantitative estimate of drug-likeness (QED) is 0.209. The molecule has 0 bridgehead atoms. The zero-order valence-electron chi connectivity index (χ0n) is 24.1. The molecule has 9 rings (SSSR count). The van der Waals surface area contributed by atoms with Crippen LogP contribution in [0.1, 0.15) is 22.3 Å². The molecule has 1 aliphatic carbocycles. The number of hydrogen-bond acceptors (Lipinski definition) is 1. The molecule has 206 valence electrons. The van der Waals surface area contributed by atoms with Crippen LogP contribution >= 0.6 is 0 Å². The van der Waals surface area contributed by atoms with E-state index in [4.69, 9.17) is 0 Å². The largest absolute Gasteiger partial charge is 0.309 e. The Morgan fingerprint density at radius 1 is 0.455 bits per heavy atom. The number of benzene rings is 6. The van der Waals surface area contributed by atoms with Crippen molar-refractivity contribution >= 4 is 21.8 Å². The summed E-state index contributed by atoms with van der Waals surface area (Å²) in [7, 11) is 0. The first-order valence-corrected chi connectivity index (χ1v) is 15.1. The first-order chi connectivity index (χ1) is 21.8. The van der Waals surface area contributed by atoms with Crippen LogP contribution in [0.15, 0.2) is 170 Å². The van der Waals surface area contributed by atoms with Crippen molar-refractivity contribution in [2.45, 2.75) is 5.41 Å². The molecule has 2 nitrogen and oxygen atoms in total. The molecule has 0 aliphatic heterocycles. The van der Waals surface area contributed by atoms with Gasteiger partial charge in [0.1, 0.15) is 0 Å². The lowest BCUT2D eigenvalue weighted by Crippen LogP contribution is -2.28. The third-order valence-corrected chi connectivity index (χ3v) is 9.37. The number of hydrogen-bond donors (Lipinski definition) is 0. The van der Waals surface area contributed by atoms with Gasteiger partial charge in [-0.25, -0.2) is 0 Å². The maximum Gasteiger partial charge on any atom is 0.0713 e. The molecule has 0 saturated carbocycles. The van der Waals surface area contributed by atoms with Gasteiger partial charge in [0.15, 0.2) is 0 Å². The van der Waals surface area contributed by atoms with Crippen molar-refractivity contribution in [3.05, 3.63) is 192 Å². The first kappa shape index (κ1) is 24.8. The highest BCUT2D eigenvalue weighted by atomic mass is 15.0. The highest BCUT2D eigenvalue weighted by Crippen LogP contribution is 2.56. The lowest BCUT2D eigenvalue weighted by molar-refractivity contribution is 0.769. The van der Waals surface area contributed by atoms with E-state index >= 15 is 0 Å². The van der Waals surface area contributed by atoms with Crippen LogP contribution in [0.2, 0.25) is 0 Å². The molecule has 2 heteroatoms. The molecule has 0 saturated heterocycles. The summed E-state index contributed by atoms with van der Waals surface area (Å²) < 4.78 is 2.34. The molecule has 0 radical (unpaired) electrons. The van der Waals surface area contributed by atoms with Gasteiger partial charge in [-0.15, -0.1) is 0 Å². The van der Waals surface area contributed by atoms with Gasteiger partial charge in [-0.1, -0.05) is 121 Å². The Bertz CT molecular complexity index is 2290. The maximum absolute atomic E-state index is 4.51. The van der Waals surface area contributed by atoms with Gasteiger partial charge in [0.2, 0.25) is 0 Å². The molecule has 2 heterocycles. The summed E-state index contributed by atoms with van der Waals surface area (Å²) >= 11 is 0. The minimum Gasteiger partial charge on any atom is -0.309 e. The molecule has 0 fully saturated rings. The van der Waals surface area contributed by atoms with E-state index in [-0.39, 0.29) is 0 Å². The van der Waals surface area contributed by atoms with Gasteiger partial charge in [-0.3, -0.25) is 4.98 Å². The van der Waals surface area contributed by atoms with Gasteiger partial charge >= 0.3 is 0 Å². The van der Waals surface area contributed by atoms with Crippen LogP contribution in [0.3, 0.4) is 0 Å². The summed E-state index contributed by atoms with van der Waals surface area (Å²) in [6.45, 7) is 0.